The number of amides is 1. The summed E-state index contributed by atoms with van der Waals surface area (Å²) < 4.78 is 57.0. The molecule has 3 aliphatic rings. The Morgan fingerprint density at radius 1 is 1.26 bits per heavy atom. The van der Waals surface area contributed by atoms with Gasteiger partial charge in [-0.05, 0) is 24.5 Å². The molecule has 1 spiro atoms. The number of benzene rings is 1. The van der Waals surface area contributed by atoms with Crippen molar-refractivity contribution in [1.82, 2.24) is 9.88 Å². The molecule has 0 radical (unpaired) electrons. The summed E-state index contributed by atoms with van der Waals surface area (Å²) >= 11 is 0. The average molecular weight is 486 g/mol. The van der Waals surface area contributed by atoms with E-state index in [1.807, 2.05) is 0 Å². The van der Waals surface area contributed by atoms with Gasteiger partial charge in [0.15, 0.2) is 17.1 Å². The summed E-state index contributed by atoms with van der Waals surface area (Å²) in [4.78, 5) is 42.3. The quantitative estimate of drug-likeness (QED) is 0.560. The number of ether oxygens (including phenoxy) is 2. The van der Waals surface area contributed by atoms with Gasteiger partial charge < -0.3 is 23.8 Å². The zero-order valence-corrected chi connectivity index (χ0v) is 18.4. The van der Waals surface area contributed by atoms with Crippen LogP contribution in [0.25, 0.3) is 11.0 Å². The number of ketones is 1. The number of H-pyrrole nitrogens is 1. The van der Waals surface area contributed by atoms with Crippen LogP contribution in [0.15, 0.2) is 40.5 Å². The van der Waals surface area contributed by atoms with Crippen LogP contribution in [0.3, 0.4) is 0 Å². The Hall–Kier alpha value is -4.02. The van der Waals surface area contributed by atoms with Gasteiger partial charge in [-0.15, -0.1) is 0 Å². The second kappa shape index (κ2) is 6.77. The maximum Gasteiger partial charge on any atom is 0.432 e. The third-order valence-electron chi connectivity index (χ3n) is 7.07. The lowest BCUT2D eigenvalue weighted by Crippen LogP contribution is -2.34. The van der Waals surface area contributed by atoms with Gasteiger partial charge in [-0.25, -0.2) is 4.79 Å². The van der Waals surface area contributed by atoms with Crippen molar-refractivity contribution in [2.24, 2.45) is 5.92 Å². The number of fused-ring (bicyclic) bond motifs is 2. The van der Waals surface area contributed by atoms with Gasteiger partial charge in [0, 0.05) is 34.7 Å². The minimum absolute atomic E-state index is 0.00154. The summed E-state index contributed by atoms with van der Waals surface area (Å²) in [5, 5.41) is 0.635. The number of alkyl halides is 3. The fraction of sp³-hybridized carbons (Fsp3) is 0.292. The molecule has 1 N–H and O–H groups in total. The third kappa shape index (κ3) is 2.71. The second-order valence-electron chi connectivity index (χ2n) is 8.79. The first kappa shape index (κ1) is 21.5. The van der Waals surface area contributed by atoms with Gasteiger partial charge in [-0.2, -0.15) is 13.2 Å². The smallest absolute Gasteiger partial charge is 0.432 e. The van der Waals surface area contributed by atoms with E-state index in [1.165, 1.54) is 18.1 Å². The highest BCUT2D eigenvalue weighted by Gasteiger charge is 2.69. The number of likely N-dealkylation sites (tertiary alicyclic amines) is 1. The van der Waals surface area contributed by atoms with E-state index in [2.05, 4.69) is 9.72 Å². The number of aromatic nitrogens is 1. The van der Waals surface area contributed by atoms with E-state index in [9.17, 15) is 27.6 Å². The normalized spacial score (nSPS) is 22.4. The average Bonchev–Trinajstić information content (AvgIpc) is 3.16. The molecular formula is C24H17F3N2O6. The molecule has 2 fully saturated rings. The summed E-state index contributed by atoms with van der Waals surface area (Å²) in [5.74, 6) is -2.31. The minimum Gasteiger partial charge on any atom is -0.493 e. The summed E-state index contributed by atoms with van der Waals surface area (Å²) in [6, 6.07) is 6.72. The number of aromatic amines is 1. The highest BCUT2D eigenvalue weighted by Crippen LogP contribution is 2.68. The highest BCUT2D eigenvalue weighted by atomic mass is 19.4. The third-order valence-corrected chi connectivity index (χ3v) is 7.07. The van der Waals surface area contributed by atoms with E-state index >= 15 is 0 Å². The van der Waals surface area contributed by atoms with Crippen molar-refractivity contribution in [2.75, 3.05) is 20.8 Å². The molecule has 2 atom stereocenters. The number of allylic oxidation sites excluding steroid dienone is 2. The largest absolute Gasteiger partial charge is 0.493 e. The second-order valence-corrected chi connectivity index (χ2v) is 8.79. The van der Waals surface area contributed by atoms with Crippen LogP contribution in [-0.4, -0.2) is 48.3 Å². The molecule has 11 heteroatoms. The van der Waals surface area contributed by atoms with Gasteiger partial charge >= 0.3 is 12.1 Å². The first-order valence-electron chi connectivity index (χ1n) is 10.7. The van der Waals surface area contributed by atoms with Gasteiger partial charge in [-0.1, -0.05) is 12.1 Å². The number of hydrogen-bond donors (Lipinski definition) is 1. The SMILES string of the molecule is COC(=O)c1c(C(F)(F)F)[nH]c2c1[C@@]13CC1CN(C(=O)c1cc4cccc(OC)c4o1)C3=CC2=O. The molecule has 1 unspecified atom stereocenters. The summed E-state index contributed by atoms with van der Waals surface area (Å²) in [6.45, 7) is 0.165. The molecule has 2 aliphatic carbocycles. The van der Waals surface area contributed by atoms with E-state index in [-0.39, 0.29) is 35.2 Å². The Kier molecular flexibility index (Phi) is 4.16. The van der Waals surface area contributed by atoms with Crippen LogP contribution in [0.4, 0.5) is 13.2 Å². The van der Waals surface area contributed by atoms with Crippen molar-refractivity contribution in [2.45, 2.75) is 18.0 Å². The summed E-state index contributed by atoms with van der Waals surface area (Å²) in [6.07, 6.45) is -3.34. The number of carbonyl (C=O) groups is 3. The molecule has 1 saturated heterocycles. The highest BCUT2D eigenvalue weighted by molar-refractivity contribution is 6.12. The maximum absolute atomic E-state index is 13.8. The monoisotopic (exact) mass is 486 g/mol. The van der Waals surface area contributed by atoms with Gasteiger partial charge in [0.1, 0.15) is 5.69 Å². The lowest BCUT2D eigenvalue weighted by Gasteiger charge is -2.27. The Morgan fingerprint density at radius 2 is 2.03 bits per heavy atom. The molecule has 3 heterocycles. The standard InChI is InChI=1S/C24H17F3N2O6/c1-33-13-5-3-4-10-6-14(35-19(10)13)21(31)29-9-11-8-23(11)15(29)7-12(30)18-17(23)16(22(32)34-2)20(28-18)24(25,26)27/h3-7,11,28H,8-9H2,1-2H3/t11?,23-/m0/s1. The number of hydrogen-bond acceptors (Lipinski definition) is 6. The zero-order valence-electron chi connectivity index (χ0n) is 18.4. The molecule has 2 aromatic heterocycles. The lowest BCUT2D eigenvalue weighted by molar-refractivity contribution is -0.141. The van der Waals surface area contributed by atoms with Crippen LogP contribution in [0.5, 0.6) is 5.75 Å². The molecular weight excluding hydrogens is 469 g/mol. The predicted octanol–water partition coefficient (Wildman–Crippen LogP) is 4.07. The lowest BCUT2D eigenvalue weighted by atomic mass is 9.82. The van der Waals surface area contributed by atoms with E-state index in [0.29, 0.717) is 23.1 Å². The topological polar surface area (TPSA) is 102 Å². The number of rotatable bonds is 3. The van der Waals surface area contributed by atoms with Crippen LogP contribution >= 0.6 is 0 Å². The summed E-state index contributed by atoms with van der Waals surface area (Å²) in [7, 11) is 2.45. The first-order chi connectivity index (χ1) is 16.6. The molecule has 1 aromatic carbocycles. The number of halogens is 3. The molecule has 8 nitrogen and oxygen atoms in total. The Morgan fingerprint density at radius 3 is 2.71 bits per heavy atom. The van der Waals surface area contributed by atoms with Crippen molar-refractivity contribution >= 4 is 28.6 Å². The fourth-order valence-electron chi connectivity index (χ4n) is 5.54. The van der Waals surface area contributed by atoms with Gasteiger partial charge in [0.05, 0.1) is 25.5 Å². The van der Waals surface area contributed by atoms with E-state index < -0.39 is 40.5 Å². The molecule has 1 amide bonds. The van der Waals surface area contributed by atoms with Gasteiger partial charge in [0.25, 0.3) is 5.91 Å². The summed E-state index contributed by atoms with van der Waals surface area (Å²) in [5.41, 5.74) is -2.81. The molecule has 3 aromatic rings. The Labute approximate surface area is 195 Å². The minimum atomic E-state index is -4.91. The number of nitrogens with one attached hydrogen (secondary N) is 1. The molecule has 1 aliphatic heterocycles. The number of methoxy groups -OCH3 is 2. The first-order valence-corrected chi connectivity index (χ1v) is 10.7. The Bertz CT molecular complexity index is 1500. The van der Waals surface area contributed by atoms with Crippen molar-refractivity contribution in [1.29, 1.82) is 0 Å². The fourth-order valence-corrected chi connectivity index (χ4v) is 5.54. The maximum atomic E-state index is 13.8. The van der Waals surface area contributed by atoms with Gasteiger partial charge in [-0.3, -0.25) is 9.59 Å². The number of carbonyl (C=O) groups excluding carboxylic acids is 3. The van der Waals surface area contributed by atoms with Crippen LogP contribution in [0.1, 0.15) is 49.1 Å². The van der Waals surface area contributed by atoms with Crippen LogP contribution < -0.4 is 4.74 Å². The molecule has 1 saturated carbocycles. The van der Waals surface area contributed by atoms with Crippen molar-refractivity contribution < 1.29 is 41.4 Å². The number of furan rings is 1. The van der Waals surface area contributed by atoms with E-state index in [0.717, 1.165) is 7.11 Å². The predicted molar refractivity (Wildman–Crippen MR) is 113 cm³/mol. The molecule has 180 valence electrons. The van der Waals surface area contributed by atoms with E-state index in [1.54, 1.807) is 24.3 Å². The van der Waals surface area contributed by atoms with Crippen molar-refractivity contribution in [3.05, 3.63) is 64.3 Å². The number of para-hydroxylation sites is 1. The van der Waals surface area contributed by atoms with Crippen molar-refractivity contribution in [3.63, 3.8) is 0 Å². The molecule has 6 rings (SSSR count). The van der Waals surface area contributed by atoms with Gasteiger partial charge in [0.2, 0.25) is 5.78 Å². The number of nitrogens with zero attached hydrogens (tertiary/aromatic N) is 1. The number of esters is 1. The van der Waals surface area contributed by atoms with E-state index in [4.69, 9.17) is 9.15 Å². The van der Waals surface area contributed by atoms with Crippen LogP contribution in [0, 0.1) is 5.92 Å². The van der Waals surface area contributed by atoms with Crippen LogP contribution in [-0.2, 0) is 16.3 Å². The van der Waals surface area contributed by atoms with Crippen LogP contribution in [0.2, 0.25) is 0 Å². The Balaban J connectivity index is 1.46. The molecule has 35 heavy (non-hydrogen) atoms. The molecule has 0 bridgehead atoms. The zero-order chi connectivity index (χ0) is 24.9. The number of piperidine rings is 1. The van der Waals surface area contributed by atoms with Crippen molar-refractivity contribution in [3.8, 4) is 5.75 Å².